The molecule has 0 saturated heterocycles. The molecule has 4 unspecified atom stereocenters. The summed E-state index contributed by atoms with van der Waals surface area (Å²) >= 11 is 0. The van der Waals surface area contributed by atoms with E-state index in [2.05, 4.69) is 13.5 Å². The Morgan fingerprint density at radius 1 is 1.71 bits per heavy atom. The molecule has 0 amide bonds. The SMILES string of the molecule is C=C1C2C3C(C)C123. The Kier molecular flexibility index (Phi) is 0.170. The number of rotatable bonds is 0. The Hall–Kier alpha value is -0.260. The molecule has 1 spiro atoms. The molecule has 0 heteroatoms. The maximum absolute atomic E-state index is 3.96. The van der Waals surface area contributed by atoms with Gasteiger partial charge in [-0.2, -0.15) is 0 Å². The first-order valence-corrected chi connectivity index (χ1v) is 3.00. The zero-order valence-corrected chi connectivity index (χ0v) is 4.44. The van der Waals surface area contributed by atoms with E-state index in [0.717, 1.165) is 23.2 Å². The van der Waals surface area contributed by atoms with Gasteiger partial charge >= 0.3 is 0 Å². The predicted molar refractivity (Wildman–Crippen MR) is 27.7 cm³/mol. The van der Waals surface area contributed by atoms with E-state index < -0.39 is 0 Å². The monoisotopic (exact) mass is 92.1 g/mol. The maximum atomic E-state index is 3.96. The molecule has 3 aliphatic carbocycles. The summed E-state index contributed by atoms with van der Waals surface area (Å²) < 4.78 is 0. The molecule has 0 aromatic heterocycles. The fourth-order valence-electron chi connectivity index (χ4n) is 2.59. The van der Waals surface area contributed by atoms with Crippen molar-refractivity contribution < 1.29 is 0 Å². The molecule has 0 radical (unpaired) electrons. The molecule has 0 aromatic carbocycles. The van der Waals surface area contributed by atoms with Crippen LogP contribution in [0.5, 0.6) is 0 Å². The van der Waals surface area contributed by atoms with Gasteiger partial charge in [-0.25, -0.2) is 0 Å². The van der Waals surface area contributed by atoms with Crippen LogP contribution in [0, 0.1) is 23.2 Å². The van der Waals surface area contributed by atoms with Gasteiger partial charge in [0.1, 0.15) is 0 Å². The molecule has 3 rings (SSSR count). The van der Waals surface area contributed by atoms with Crippen molar-refractivity contribution in [1.29, 1.82) is 0 Å². The molecule has 4 atom stereocenters. The van der Waals surface area contributed by atoms with E-state index in [1.165, 1.54) is 0 Å². The third kappa shape index (κ3) is 0.0908. The second-order valence-corrected chi connectivity index (χ2v) is 3.25. The van der Waals surface area contributed by atoms with E-state index in [4.69, 9.17) is 0 Å². The Morgan fingerprint density at radius 3 is 2.43 bits per heavy atom. The Morgan fingerprint density at radius 2 is 2.43 bits per heavy atom. The quantitative estimate of drug-likeness (QED) is 0.396. The molecular weight excluding hydrogens is 84.1 g/mol. The van der Waals surface area contributed by atoms with Crippen molar-refractivity contribution in [3.05, 3.63) is 12.2 Å². The molecule has 0 aliphatic heterocycles. The fraction of sp³-hybridized carbons (Fsp3) is 0.714. The molecule has 0 bridgehead atoms. The zero-order valence-electron chi connectivity index (χ0n) is 4.44. The van der Waals surface area contributed by atoms with Crippen LogP contribution in [0.15, 0.2) is 12.2 Å². The molecule has 0 N–H and O–H groups in total. The minimum Gasteiger partial charge on any atom is -0.0989 e. The standard InChI is InChI=1S/C7H8/c1-3-5-6-4(2)7(3,5)6/h4-6H,1H2,2H3. The molecule has 0 nitrogen and oxygen atoms in total. The van der Waals surface area contributed by atoms with Crippen LogP contribution < -0.4 is 0 Å². The van der Waals surface area contributed by atoms with Crippen LogP contribution in [0.1, 0.15) is 6.92 Å². The second-order valence-electron chi connectivity index (χ2n) is 3.25. The summed E-state index contributed by atoms with van der Waals surface area (Å²) in [7, 11) is 0. The van der Waals surface area contributed by atoms with Gasteiger partial charge in [0, 0.05) is 5.41 Å². The molecule has 3 fully saturated rings. The van der Waals surface area contributed by atoms with Gasteiger partial charge in [0.2, 0.25) is 0 Å². The minimum atomic E-state index is 0.806. The van der Waals surface area contributed by atoms with Crippen LogP contribution in [-0.4, -0.2) is 0 Å². The van der Waals surface area contributed by atoms with E-state index in [0.29, 0.717) is 0 Å². The van der Waals surface area contributed by atoms with Gasteiger partial charge in [0.05, 0.1) is 0 Å². The predicted octanol–water partition coefficient (Wildman–Crippen LogP) is 1.44. The first kappa shape index (κ1) is 2.91. The molecule has 0 aromatic rings. The van der Waals surface area contributed by atoms with E-state index in [9.17, 15) is 0 Å². The topological polar surface area (TPSA) is 0 Å². The van der Waals surface area contributed by atoms with Gasteiger partial charge in [-0.05, 0) is 17.8 Å². The van der Waals surface area contributed by atoms with Crippen LogP contribution in [0.2, 0.25) is 0 Å². The number of allylic oxidation sites excluding steroid dienone is 1. The Bertz CT molecular complexity index is 174. The van der Waals surface area contributed by atoms with Crippen LogP contribution in [0.3, 0.4) is 0 Å². The average Bonchev–Trinajstić information content (AvgIpc) is 2.44. The summed E-state index contributed by atoms with van der Waals surface area (Å²) in [4.78, 5) is 0. The molecule has 3 saturated carbocycles. The lowest BCUT2D eigenvalue weighted by Crippen LogP contribution is -1.76. The summed E-state index contributed by atoms with van der Waals surface area (Å²) in [6.45, 7) is 6.31. The van der Waals surface area contributed by atoms with E-state index in [1.807, 2.05) is 0 Å². The number of hydrogen-bond donors (Lipinski definition) is 0. The summed E-state index contributed by atoms with van der Waals surface area (Å²) in [5.41, 5.74) is 2.38. The van der Waals surface area contributed by atoms with Crippen molar-refractivity contribution in [3.8, 4) is 0 Å². The third-order valence-corrected chi connectivity index (χ3v) is 3.35. The smallest absolute Gasteiger partial charge is 0.00469 e. The summed E-state index contributed by atoms with van der Waals surface area (Å²) in [5.74, 6) is 3.23. The fourth-order valence-corrected chi connectivity index (χ4v) is 2.59. The average molecular weight is 92.1 g/mol. The van der Waals surface area contributed by atoms with Crippen molar-refractivity contribution >= 4 is 0 Å². The first-order chi connectivity index (χ1) is 3.31. The summed E-state index contributed by atoms with van der Waals surface area (Å²) in [5, 5.41) is 0. The van der Waals surface area contributed by atoms with Crippen molar-refractivity contribution in [2.45, 2.75) is 6.92 Å². The largest absolute Gasteiger partial charge is 0.0989 e. The van der Waals surface area contributed by atoms with E-state index in [1.54, 1.807) is 5.57 Å². The van der Waals surface area contributed by atoms with Crippen LogP contribution in [0.4, 0.5) is 0 Å². The molecule has 7 heavy (non-hydrogen) atoms. The lowest BCUT2D eigenvalue weighted by molar-refractivity contribution is 0.665. The molecule has 3 aliphatic rings. The molecular formula is C7H8. The number of fused-ring (bicyclic) bond motifs is 1. The van der Waals surface area contributed by atoms with E-state index >= 15 is 0 Å². The van der Waals surface area contributed by atoms with Gasteiger partial charge in [0.25, 0.3) is 0 Å². The minimum absolute atomic E-state index is 0.806. The van der Waals surface area contributed by atoms with Gasteiger partial charge in [-0.3, -0.25) is 0 Å². The normalized spacial score (nSPS) is 79.6. The molecule has 0 heterocycles. The Labute approximate surface area is 43.2 Å². The highest BCUT2D eigenvalue weighted by Gasteiger charge is 2.98. The maximum Gasteiger partial charge on any atom is 0.00469 e. The van der Waals surface area contributed by atoms with Crippen molar-refractivity contribution in [2.75, 3.05) is 0 Å². The van der Waals surface area contributed by atoms with Gasteiger partial charge in [-0.1, -0.05) is 19.1 Å². The highest BCUT2D eigenvalue weighted by molar-refractivity contribution is 5.65. The molecule has 36 valence electrons. The summed E-state index contributed by atoms with van der Waals surface area (Å²) in [6.07, 6.45) is 0. The van der Waals surface area contributed by atoms with Crippen LogP contribution in [0.25, 0.3) is 0 Å². The third-order valence-electron chi connectivity index (χ3n) is 3.35. The first-order valence-electron chi connectivity index (χ1n) is 3.00. The highest BCUT2D eigenvalue weighted by Crippen LogP contribution is 3.03. The highest BCUT2D eigenvalue weighted by atomic mass is 15.0. The van der Waals surface area contributed by atoms with Crippen LogP contribution >= 0.6 is 0 Å². The van der Waals surface area contributed by atoms with Gasteiger partial charge in [-0.15, -0.1) is 0 Å². The Balaban J connectivity index is 2.18. The summed E-state index contributed by atoms with van der Waals surface area (Å²) in [6, 6.07) is 0. The lowest BCUT2D eigenvalue weighted by atomic mass is 10.2. The van der Waals surface area contributed by atoms with Crippen molar-refractivity contribution in [3.63, 3.8) is 0 Å². The number of hydrogen-bond acceptors (Lipinski definition) is 0. The van der Waals surface area contributed by atoms with Crippen molar-refractivity contribution in [1.82, 2.24) is 0 Å². The van der Waals surface area contributed by atoms with Crippen LogP contribution in [-0.2, 0) is 0 Å². The zero-order chi connectivity index (χ0) is 4.81. The second kappa shape index (κ2) is 0.410. The van der Waals surface area contributed by atoms with E-state index in [-0.39, 0.29) is 0 Å². The lowest BCUT2D eigenvalue weighted by Gasteiger charge is -1.81. The van der Waals surface area contributed by atoms with Crippen molar-refractivity contribution in [2.24, 2.45) is 23.2 Å². The van der Waals surface area contributed by atoms with Gasteiger partial charge < -0.3 is 0 Å². The van der Waals surface area contributed by atoms with Gasteiger partial charge in [0.15, 0.2) is 0 Å².